The number of methoxy groups -OCH3 is 1. The Morgan fingerprint density at radius 1 is 1.19 bits per heavy atom. The third-order valence-electron chi connectivity index (χ3n) is 2.92. The highest BCUT2D eigenvalue weighted by Gasteiger charge is 2.16. The number of halogens is 1. The minimum absolute atomic E-state index is 0.0484. The molecule has 0 aliphatic rings. The van der Waals surface area contributed by atoms with E-state index < -0.39 is 15.7 Å². The zero-order chi connectivity index (χ0) is 15.5. The second-order valence-electron chi connectivity index (χ2n) is 4.36. The number of benzene rings is 2. The number of nitriles is 1. The maximum atomic E-state index is 12.8. The van der Waals surface area contributed by atoms with E-state index in [4.69, 9.17) is 10.00 Å². The molecule has 0 saturated carbocycles. The Morgan fingerprint density at radius 3 is 2.43 bits per heavy atom. The zero-order valence-corrected chi connectivity index (χ0v) is 12.0. The predicted molar refractivity (Wildman–Crippen MR) is 75.0 cm³/mol. The molecule has 0 amide bonds. The molecular formula is C15H12FNO3S. The van der Waals surface area contributed by atoms with Crippen molar-refractivity contribution in [2.45, 2.75) is 10.6 Å². The van der Waals surface area contributed by atoms with Crippen LogP contribution < -0.4 is 4.74 Å². The predicted octanol–water partition coefficient (Wildman–Crippen LogP) is 2.68. The normalized spacial score (nSPS) is 10.9. The monoisotopic (exact) mass is 305 g/mol. The average Bonchev–Trinajstić information content (AvgIpc) is 2.47. The van der Waals surface area contributed by atoms with Crippen molar-refractivity contribution >= 4 is 9.84 Å². The summed E-state index contributed by atoms with van der Waals surface area (Å²) in [5, 5.41) is 8.89. The summed E-state index contributed by atoms with van der Waals surface area (Å²) in [7, 11) is -2.17. The van der Waals surface area contributed by atoms with E-state index in [0.717, 1.165) is 12.1 Å². The van der Waals surface area contributed by atoms with Gasteiger partial charge in [0.2, 0.25) is 0 Å². The van der Waals surface area contributed by atoms with E-state index in [1.807, 2.05) is 6.07 Å². The van der Waals surface area contributed by atoms with Gasteiger partial charge in [-0.05, 0) is 42.0 Å². The molecule has 108 valence electrons. The Balaban J connectivity index is 2.33. The van der Waals surface area contributed by atoms with Gasteiger partial charge in [0.15, 0.2) is 9.84 Å². The Hall–Kier alpha value is -2.39. The van der Waals surface area contributed by atoms with E-state index in [2.05, 4.69) is 0 Å². The van der Waals surface area contributed by atoms with Crippen molar-refractivity contribution in [1.29, 1.82) is 5.26 Å². The second kappa shape index (κ2) is 5.94. The number of nitrogens with zero attached hydrogens (tertiary/aromatic N) is 1. The lowest BCUT2D eigenvalue weighted by molar-refractivity contribution is 0.413. The highest BCUT2D eigenvalue weighted by molar-refractivity contribution is 7.90. The maximum Gasteiger partial charge on any atom is 0.182 e. The molecule has 2 aromatic rings. The topological polar surface area (TPSA) is 67.2 Å². The average molecular weight is 305 g/mol. The van der Waals surface area contributed by atoms with Gasteiger partial charge in [0, 0.05) is 0 Å². The molecule has 0 fully saturated rings. The van der Waals surface area contributed by atoms with Crippen LogP contribution >= 0.6 is 0 Å². The molecule has 6 heteroatoms. The van der Waals surface area contributed by atoms with Crippen LogP contribution in [0.15, 0.2) is 47.4 Å². The third kappa shape index (κ3) is 3.38. The summed E-state index contributed by atoms with van der Waals surface area (Å²) in [4.78, 5) is 0.0484. The number of rotatable bonds is 4. The Bertz CT molecular complexity index is 793. The fourth-order valence-corrected chi connectivity index (χ4v) is 3.20. The van der Waals surface area contributed by atoms with Crippen LogP contribution in [0.5, 0.6) is 5.75 Å². The van der Waals surface area contributed by atoms with Crippen LogP contribution in [0.2, 0.25) is 0 Å². The van der Waals surface area contributed by atoms with Crippen molar-refractivity contribution in [3.63, 3.8) is 0 Å². The minimum atomic E-state index is -3.58. The van der Waals surface area contributed by atoms with Crippen molar-refractivity contribution < 1.29 is 17.5 Å². The molecule has 0 aliphatic heterocycles. The van der Waals surface area contributed by atoms with E-state index in [1.54, 1.807) is 6.07 Å². The number of hydrogen-bond donors (Lipinski definition) is 0. The van der Waals surface area contributed by atoms with E-state index >= 15 is 0 Å². The van der Waals surface area contributed by atoms with Gasteiger partial charge in [-0.15, -0.1) is 0 Å². The lowest BCUT2D eigenvalue weighted by Gasteiger charge is -2.08. The van der Waals surface area contributed by atoms with Crippen molar-refractivity contribution in [1.82, 2.24) is 0 Å². The summed E-state index contributed by atoms with van der Waals surface area (Å²) >= 11 is 0. The summed E-state index contributed by atoms with van der Waals surface area (Å²) in [6.45, 7) is 0. The second-order valence-corrected chi connectivity index (χ2v) is 6.35. The van der Waals surface area contributed by atoms with Crippen LogP contribution in [0.4, 0.5) is 4.39 Å². The maximum absolute atomic E-state index is 12.8. The lowest BCUT2D eigenvalue weighted by atomic mass is 10.1. The third-order valence-corrected chi connectivity index (χ3v) is 4.62. The van der Waals surface area contributed by atoms with E-state index in [0.29, 0.717) is 16.9 Å². The highest BCUT2D eigenvalue weighted by Crippen LogP contribution is 2.23. The lowest BCUT2D eigenvalue weighted by Crippen LogP contribution is -2.05. The standard InChI is InChI=1S/C15H12FNO3S/c1-20-15-8-11(2-3-12(15)9-17)10-21(18,19)14-6-4-13(16)5-7-14/h2-8H,10H2,1H3. The van der Waals surface area contributed by atoms with Gasteiger partial charge in [0.05, 0.1) is 23.3 Å². The van der Waals surface area contributed by atoms with Crippen molar-refractivity contribution in [3.8, 4) is 11.8 Å². The Kier molecular flexibility index (Phi) is 4.24. The van der Waals surface area contributed by atoms with Gasteiger partial charge in [-0.2, -0.15) is 5.26 Å². The first kappa shape index (κ1) is 15.0. The molecule has 0 radical (unpaired) electrons. The summed E-state index contributed by atoms with van der Waals surface area (Å²) in [5.41, 5.74) is 0.829. The van der Waals surface area contributed by atoms with Gasteiger partial charge in [-0.25, -0.2) is 12.8 Å². The van der Waals surface area contributed by atoms with E-state index in [-0.39, 0.29) is 10.6 Å². The summed E-state index contributed by atoms with van der Waals surface area (Å²) in [5.74, 6) is -0.418. The molecule has 0 aliphatic carbocycles. The molecular weight excluding hydrogens is 293 g/mol. The molecule has 0 aromatic heterocycles. The number of ether oxygens (including phenoxy) is 1. The fraction of sp³-hybridized carbons (Fsp3) is 0.133. The van der Waals surface area contributed by atoms with Crippen LogP contribution in [0.3, 0.4) is 0 Å². The fourth-order valence-electron chi connectivity index (χ4n) is 1.86. The molecule has 2 rings (SSSR count). The van der Waals surface area contributed by atoms with E-state index in [9.17, 15) is 12.8 Å². The molecule has 0 unspecified atom stereocenters. The first-order valence-corrected chi connectivity index (χ1v) is 7.67. The van der Waals surface area contributed by atoms with Gasteiger partial charge in [-0.1, -0.05) is 6.07 Å². The largest absolute Gasteiger partial charge is 0.495 e. The molecule has 0 bridgehead atoms. The van der Waals surface area contributed by atoms with Crippen LogP contribution in [0, 0.1) is 17.1 Å². The van der Waals surface area contributed by atoms with Gasteiger partial charge in [-0.3, -0.25) is 0 Å². The smallest absolute Gasteiger partial charge is 0.182 e. The zero-order valence-electron chi connectivity index (χ0n) is 11.2. The van der Waals surface area contributed by atoms with Gasteiger partial charge in [0.1, 0.15) is 17.6 Å². The number of sulfone groups is 1. The molecule has 0 saturated heterocycles. The van der Waals surface area contributed by atoms with Crippen LogP contribution in [0.1, 0.15) is 11.1 Å². The summed E-state index contributed by atoms with van der Waals surface area (Å²) in [6, 6.07) is 11.2. The molecule has 2 aromatic carbocycles. The molecule has 21 heavy (non-hydrogen) atoms. The van der Waals surface area contributed by atoms with Gasteiger partial charge >= 0.3 is 0 Å². The van der Waals surface area contributed by atoms with Crippen LogP contribution in [-0.2, 0) is 15.6 Å². The quantitative estimate of drug-likeness (QED) is 0.814. The molecule has 0 N–H and O–H groups in total. The SMILES string of the molecule is COc1cc(CS(=O)(=O)c2ccc(F)cc2)ccc1C#N. The summed E-state index contributed by atoms with van der Waals surface area (Å²) < 4.78 is 42.4. The molecule has 4 nitrogen and oxygen atoms in total. The first-order chi connectivity index (χ1) is 9.96. The summed E-state index contributed by atoms with van der Waals surface area (Å²) in [6.07, 6.45) is 0. The van der Waals surface area contributed by atoms with Crippen LogP contribution in [-0.4, -0.2) is 15.5 Å². The molecule has 0 atom stereocenters. The number of hydrogen-bond acceptors (Lipinski definition) is 4. The minimum Gasteiger partial charge on any atom is -0.495 e. The van der Waals surface area contributed by atoms with Gasteiger partial charge in [0.25, 0.3) is 0 Å². The molecule has 0 spiro atoms. The van der Waals surface area contributed by atoms with Crippen molar-refractivity contribution in [2.24, 2.45) is 0 Å². The van der Waals surface area contributed by atoms with Crippen molar-refractivity contribution in [2.75, 3.05) is 7.11 Å². The molecule has 0 heterocycles. The first-order valence-electron chi connectivity index (χ1n) is 6.01. The Labute approximate surface area is 122 Å². The van der Waals surface area contributed by atoms with Crippen LogP contribution in [0.25, 0.3) is 0 Å². The van der Waals surface area contributed by atoms with E-state index in [1.165, 1.54) is 31.4 Å². The Morgan fingerprint density at radius 2 is 1.86 bits per heavy atom. The van der Waals surface area contributed by atoms with Crippen molar-refractivity contribution in [3.05, 3.63) is 59.4 Å². The highest BCUT2D eigenvalue weighted by atomic mass is 32.2. The van der Waals surface area contributed by atoms with Gasteiger partial charge < -0.3 is 4.74 Å².